The normalized spacial score (nSPS) is 15.0. The van der Waals surface area contributed by atoms with Crippen LogP contribution in [0.1, 0.15) is 39.9 Å². The smallest absolute Gasteiger partial charge is 0.341 e. The second-order valence-electron chi connectivity index (χ2n) is 5.67. The maximum atomic E-state index is 12.1. The van der Waals surface area contributed by atoms with E-state index in [4.69, 9.17) is 9.47 Å². The number of methoxy groups -OCH3 is 1. The van der Waals surface area contributed by atoms with E-state index in [1.54, 1.807) is 6.07 Å². The standard InChI is InChI=1S/C19H19NO4/c1-23-19(21)16-11-15-14(8-5-9-17(15)20-22)10-18(16)24-12-13-6-3-2-4-7-13/h2-4,6-7,10-11,22H,5,8-9,12H2,1H3. The van der Waals surface area contributed by atoms with E-state index in [0.29, 0.717) is 30.1 Å². The first kappa shape index (κ1) is 16.1. The molecule has 0 saturated heterocycles. The first-order valence-electron chi connectivity index (χ1n) is 7.86. The average molecular weight is 325 g/mol. The fourth-order valence-corrected chi connectivity index (χ4v) is 2.91. The van der Waals surface area contributed by atoms with E-state index < -0.39 is 5.97 Å². The molecule has 0 aromatic heterocycles. The molecule has 0 radical (unpaired) electrons. The van der Waals surface area contributed by atoms with Crippen LogP contribution in [-0.2, 0) is 17.8 Å². The molecule has 0 unspecified atom stereocenters. The zero-order valence-electron chi connectivity index (χ0n) is 13.5. The number of rotatable bonds is 4. The Hall–Kier alpha value is -2.82. The zero-order valence-corrected chi connectivity index (χ0v) is 13.5. The molecule has 124 valence electrons. The van der Waals surface area contributed by atoms with E-state index in [0.717, 1.165) is 29.5 Å². The van der Waals surface area contributed by atoms with Crippen molar-refractivity contribution in [1.82, 2.24) is 0 Å². The molecule has 0 atom stereocenters. The Morgan fingerprint density at radius 3 is 2.71 bits per heavy atom. The van der Waals surface area contributed by atoms with Crippen molar-refractivity contribution in [2.24, 2.45) is 5.16 Å². The van der Waals surface area contributed by atoms with Gasteiger partial charge in [-0.05, 0) is 42.5 Å². The number of hydrogen-bond donors (Lipinski definition) is 1. The second-order valence-corrected chi connectivity index (χ2v) is 5.67. The van der Waals surface area contributed by atoms with E-state index >= 15 is 0 Å². The van der Waals surface area contributed by atoms with Gasteiger partial charge in [0.25, 0.3) is 0 Å². The number of ether oxygens (including phenoxy) is 2. The predicted octanol–water partition coefficient (Wildman–Crippen LogP) is 3.57. The van der Waals surface area contributed by atoms with Crippen LogP contribution < -0.4 is 4.74 Å². The summed E-state index contributed by atoms with van der Waals surface area (Å²) in [5, 5.41) is 12.5. The van der Waals surface area contributed by atoms with Crippen LogP contribution in [0.2, 0.25) is 0 Å². The van der Waals surface area contributed by atoms with Gasteiger partial charge in [-0.15, -0.1) is 0 Å². The van der Waals surface area contributed by atoms with Gasteiger partial charge in [-0.3, -0.25) is 0 Å². The number of benzene rings is 2. The van der Waals surface area contributed by atoms with Crippen LogP contribution in [0.4, 0.5) is 0 Å². The van der Waals surface area contributed by atoms with Crippen molar-refractivity contribution >= 4 is 11.7 Å². The molecule has 0 saturated carbocycles. The van der Waals surface area contributed by atoms with Gasteiger partial charge in [0.1, 0.15) is 17.9 Å². The number of esters is 1. The Kier molecular flexibility index (Phi) is 4.79. The van der Waals surface area contributed by atoms with Crippen molar-refractivity contribution in [1.29, 1.82) is 0 Å². The summed E-state index contributed by atoms with van der Waals surface area (Å²) in [7, 11) is 1.34. The minimum Gasteiger partial charge on any atom is -0.488 e. The molecular weight excluding hydrogens is 306 g/mol. The maximum absolute atomic E-state index is 12.1. The maximum Gasteiger partial charge on any atom is 0.341 e. The lowest BCUT2D eigenvalue weighted by Gasteiger charge is -2.20. The summed E-state index contributed by atoms with van der Waals surface area (Å²) in [6, 6.07) is 13.3. The van der Waals surface area contributed by atoms with E-state index in [2.05, 4.69) is 5.16 Å². The summed E-state index contributed by atoms with van der Waals surface area (Å²) < 4.78 is 10.7. The molecule has 1 N–H and O–H groups in total. The van der Waals surface area contributed by atoms with Gasteiger partial charge in [-0.2, -0.15) is 0 Å². The Balaban J connectivity index is 1.96. The van der Waals surface area contributed by atoms with Crippen molar-refractivity contribution in [2.45, 2.75) is 25.9 Å². The Morgan fingerprint density at radius 1 is 1.21 bits per heavy atom. The highest BCUT2D eigenvalue weighted by Crippen LogP contribution is 2.30. The van der Waals surface area contributed by atoms with Gasteiger partial charge in [0, 0.05) is 5.56 Å². The molecule has 3 rings (SSSR count). The molecule has 1 aliphatic rings. The first-order chi connectivity index (χ1) is 11.7. The van der Waals surface area contributed by atoms with Gasteiger partial charge < -0.3 is 14.7 Å². The Labute approximate surface area is 140 Å². The molecule has 2 aromatic rings. The third kappa shape index (κ3) is 3.25. The summed E-state index contributed by atoms with van der Waals surface area (Å²) in [6.07, 6.45) is 2.45. The summed E-state index contributed by atoms with van der Waals surface area (Å²) in [5.74, 6) is 0.0207. The first-order valence-corrected chi connectivity index (χ1v) is 7.86. The number of carbonyl (C=O) groups excluding carboxylic acids is 1. The molecule has 5 heteroatoms. The number of oxime groups is 1. The van der Waals surface area contributed by atoms with E-state index in [1.165, 1.54) is 7.11 Å². The minimum absolute atomic E-state index is 0.343. The molecule has 0 bridgehead atoms. The monoisotopic (exact) mass is 325 g/mol. The molecule has 0 spiro atoms. The minimum atomic E-state index is -0.469. The van der Waals surface area contributed by atoms with Crippen molar-refractivity contribution in [3.8, 4) is 5.75 Å². The summed E-state index contributed by atoms with van der Waals surface area (Å²) in [4.78, 5) is 12.1. The lowest BCUT2D eigenvalue weighted by Crippen LogP contribution is -2.15. The second kappa shape index (κ2) is 7.17. The number of nitrogens with zero attached hydrogens (tertiary/aromatic N) is 1. The highest BCUT2D eigenvalue weighted by molar-refractivity contribution is 6.05. The fraction of sp³-hybridized carbons (Fsp3) is 0.263. The van der Waals surface area contributed by atoms with E-state index in [9.17, 15) is 10.0 Å². The predicted molar refractivity (Wildman–Crippen MR) is 89.8 cm³/mol. The number of carbonyl (C=O) groups is 1. The molecule has 0 fully saturated rings. The lowest BCUT2D eigenvalue weighted by atomic mass is 9.88. The Morgan fingerprint density at radius 2 is 2.00 bits per heavy atom. The van der Waals surface area contributed by atoms with Crippen LogP contribution >= 0.6 is 0 Å². The largest absolute Gasteiger partial charge is 0.488 e. The van der Waals surface area contributed by atoms with Crippen molar-refractivity contribution in [2.75, 3.05) is 7.11 Å². The zero-order chi connectivity index (χ0) is 16.9. The Bertz CT molecular complexity index is 768. The van der Waals surface area contributed by atoms with Gasteiger partial charge in [0.15, 0.2) is 0 Å². The van der Waals surface area contributed by atoms with Crippen LogP contribution in [0, 0.1) is 0 Å². The third-order valence-corrected chi connectivity index (χ3v) is 4.14. The van der Waals surface area contributed by atoms with Crippen LogP contribution in [0.5, 0.6) is 5.75 Å². The van der Waals surface area contributed by atoms with Gasteiger partial charge in [-0.1, -0.05) is 35.5 Å². The fourth-order valence-electron chi connectivity index (χ4n) is 2.91. The van der Waals surface area contributed by atoms with Gasteiger partial charge in [-0.25, -0.2) is 4.79 Å². The van der Waals surface area contributed by atoms with E-state index in [1.807, 2.05) is 36.4 Å². The molecule has 0 amide bonds. The SMILES string of the molecule is COC(=O)c1cc2c(cc1OCc1ccccc1)CCCC2=NO. The molecule has 2 aromatic carbocycles. The van der Waals surface area contributed by atoms with Crippen LogP contribution in [0.3, 0.4) is 0 Å². The van der Waals surface area contributed by atoms with E-state index in [-0.39, 0.29) is 0 Å². The van der Waals surface area contributed by atoms with Gasteiger partial charge in [0.05, 0.1) is 12.8 Å². The summed E-state index contributed by atoms with van der Waals surface area (Å²) in [6.45, 7) is 0.366. The van der Waals surface area contributed by atoms with Crippen molar-refractivity contribution in [3.63, 3.8) is 0 Å². The highest BCUT2D eigenvalue weighted by atomic mass is 16.5. The molecular formula is C19H19NO4. The van der Waals surface area contributed by atoms with Gasteiger partial charge >= 0.3 is 5.97 Å². The summed E-state index contributed by atoms with van der Waals surface area (Å²) in [5.41, 5.74) is 3.76. The molecule has 24 heavy (non-hydrogen) atoms. The molecule has 1 aliphatic carbocycles. The van der Waals surface area contributed by atoms with Crippen molar-refractivity contribution < 1.29 is 19.5 Å². The number of hydrogen-bond acceptors (Lipinski definition) is 5. The number of aryl methyl sites for hydroxylation is 1. The topological polar surface area (TPSA) is 68.1 Å². The van der Waals surface area contributed by atoms with Crippen LogP contribution in [-0.4, -0.2) is 24.0 Å². The quantitative estimate of drug-likeness (QED) is 0.530. The highest BCUT2D eigenvalue weighted by Gasteiger charge is 2.23. The molecule has 0 heterocycles. The van der Waals surface area contributed by atoms with Crippen molar-refractivity contribution in [3.05, 3.63) is 64.7 Å². The lowest BCUT2D eigenvalue weighted by molar-refractivity contribution is 0.0595. The number of fused-ring (bicyclic) bond motifs is 1. The third-order valence-electron chi connectivity index (χ3n) is 4.14. The average Bonchev–Trinajstić information content (AvgIpc) is 2.65. The molecule has 5 nitrogen and oxygen atoms in total. The molecule has 0 aliphatic heterocycles. The van der Waals surface area contributed by atoms with Crippen LogP contribution in [0.25, 0.3) is 0 Å². The summed E-state index contributed by atoms with van der Waals surface area (Å²) >= 11 is 0. The van der Waals surface area contributed by atoms with Crippen LogP contribution in [0.15, 0.2) is 47.6 Å². The van der Waals surface area contributed by atoms with Gasteiger partial charge in [0.2, 0.25) is 0 Å².